The Morgan fingerprint density at radius 3 is 2.75 bits per heavy atom. The maximum Gasteiger partial charge on any atom is 0.330 e. The molecule has 0 aliphatic carbocycles. The van der Waals surface area contributed by atoms with E-state index in [2.05, 4.69) is 5.10 Å². The summed E-state index contributed by atoms with van der Waals surface area (Å²) in [4.78, 5) is 11.7. The van der Waals surface area contributed by atoms with Gasteiger partial charge in [0, 0.05) is 6.20 Å². The first-order valence-electron chi connectivity index (χ1n) is 5.48. The average molecular weight is 245 g/mol. The lowest BCUT2D eigenvalue weighted by Crippen LogP contribution is -2.22. The predicted octanol–water partition coefficient (Wildman–Crippen LogP) is 2.75. The van der Waals surface area contributed by atoms with Crippen LogP contribution in [0.5, 0.6) is 0 Å². The van der Waals surface area contributed by atoms with Crippen LogP contribution in [0.25, 0.3) is 0 Å². The molecule has 1 aromatic heterocycles. The van der Waals surface area contributed by atoms with E-state index in [0.717, 1.165) is 12.1 Å². The summed E-state index contributed by atoms with van der Waals surface area (Å²) in [6, 6.07) is -0.365. The van der Waals surface area contributed by atoms with Gasteiger partial charge in [-0.25, -0.2) is 4.79 Å². The van der Waals surface area contributed by atoms with Crippen LogP contribution in [0.3, 0.4) is 0 Å². The van der Waals surface area contributed by atoms with Crippen molar-refractivity contribution in [3.8, 4) is 0 Å². The Kier molecular flexibility index (Phi) is 4.80. The number of carbonyl (C=O) groups excluding carboxylic acids is 1. The van der Waals surface area contributed by atoms with Crippen LogP contribution in [0.4, 0.5) is 0 Å². The van der Waals surface area contributed by atoms with Crippen LogP contribution >= 0.6 is 11.6 Å². The molecule has 1 rings (SSSR count). The van der Waals surface area contributed by atoms with Crippen LogP contribution < -0.4 is 0 Å². The second kappa shape index (κ2) is 5.89. The van der Waals surface area contributed by atoms with Gasteiger partial charge in [0.1, 0.15) is 6.04 Å². The quantitative estimate of drug-likeness (QED) is 0.748. The Balaban J connectivity index is 2.88. The highest BCUT2D eigenvalue weighted by atomic mass is 35.5. The van der Waals surface area contributed by atoms with E-state index in [1.165, 1.54) is 0 Å². The smallest absolute Gasteiger partial charge is 0.330 e. The topological polar surface area (TPSA) is 44.1 Å². The molecule has 0 fully saturated rings. The van der Waals surface area contributed by atoms with Crippen LogP contribution in [0.2, 0.25) is 5.02 Å². The number of aromatic nitrogens is 2. The lowest BCUT2D eigenvalue weighted by molar-refractivity contribution is -0.147. The fourth-order valence-electron chi connectivity index (χ4n) is 1.49. The fourth-order valence-corrected chi connectivity index (χ4v) is 1.63. The maximum atomic E-state index is 11.7. The Bertz CT molecular complexity index is 343. The number of hydrogen-bond donors (Lipinski definition) is 0. The summed E-state index contributed by atoms with van der Waals surface area (Å²) < 4.78 is 6.61. The molecule has 1 aromatic rings. The summed E-state index contributed by atoms with van der Waals surface area (Å²) >= 11 is 5.92. The number of rotatable bonds is 5. The van der Waals surface area contributed by atoms with Crippen molar-refractivity contribution in [1.82, 2.24) is 9.78 Å². The van der Waals surface area contributed by atoms with Gasteiger partial charge in [-0.05, 0) is 20.3 Å². The van der Waals surface area contributed by atoms with E-state index in [1.807, 2.05) is 13.8 Å². The first-order valence-corrected chi connectivity index (χ1v) is 5.85. The number of carbonyl (C=O) groups is 1. The number of esters is 1. The molecule has 0 spiro atoms. The third kappa shape index (κ3) is 2.98. The third-order valence-electron chi connectivity index (χ3n) is 2.30. The van der Waals surface area contributed by atoms with E-state index in [0.29, 0.717) is 18.1 Å². The summed E-state index contributed by atoms with van der Waals surface area (Å²) in [5.74, 6) is -0.247. The Hall–Kier alpha value is -1.03. The third-order valence-corrected chi connectivity index (χ3v) is 2.67. The number of nitrogens with zero attached hydrogens (tertiary/aromatic N) is 2. The first kappa shape index (κ1) is 13.0. The molecule has 1 heterocycles. The molecule has 4 nitrogen and oxygen atoms in total. The van der Waals surface area contributed by atoms with Gasteiger partial charge in [0.2, 0.25) is 0 Å². The van der Waals surface area contributed by atoms with Crippen molar-refractivity contribution < 1.29 is 9.53 Å². The molecule has 16 heavy (non-hydrogen) atoms. The zero-order chi connectivity index (χ0) is 12.1. The van der Waals surface area contributed by atoms with Crippen molar-refractivity contribution in [2.45, 2.75) is 39.7 Å². The Morgan fingerprint density at radius 2 is 2.31 bits per heavy atom. The van der Waals surface area contributed by atoms with Crippen molar-refractivity contribution >= 4 is 17.6 Å². The summed E-state index contributed by atoms with van der Waals surface area (Å²) in [5, 5.41) is 4.79. The van der Waals surface area contributed by atoms with Crippen LogP contribution in [-0.4, -0.2) is 22.4 Å². The zero-order valence-corrected chi connectivity index (χ0v) is 10.6. The molecule has 0 saturated carbocycles. The van der Waals surface area contributed by atoms with Crippen molar-refractivity contribution in [2.75, 3.05) is 6.61 Å². The Labute approximate surface area is 101 Å². The summed E-state index contributed by atoms with van der Waals surface area (Å²) in [6.45, 7) is 6.01. The van der Waals surface area contributed by atoms with Gasteiger partial charge in [-0.3, -0.25) is 4.68 Å². The second-order valence-corrected chi connectivity index (χ2v) is 4.01. The van der Waals surface area contributed by atoms with Gasteiger partial charge in [-0.15, -0.1) is 0 Å². The van der Waals surface area contributed by atoms with Crippen LogP contribution in [0.15, 0.2) is 6.20 Å². The van der Waals surface area contributed by atoms with E-state index in [-0.39, 0.29) is 12.0 Å². The lowest BCUT2D eigenvalue weighted by Gasteiger charge is -2.14. The summed E-state index contributed by atoms with van der Waals surface area (Å²) in [5.41, 5.74) is 0.729. The average Bonchev–Trinajstić information content (AvgIpc) is 2.55. The molecule has 5 heteroatoms. The van der Waals surface area contributed by atoms with Crippen molar-refractivity contribution in [3.05, 3.63) is 16.9 Å². The molecule has 0 aliphatic rings. The van der Waals surface area contributed by atoms with Gasteiger partial charge in [0.05, 0.1) is 17.3 Å². The first-order chi connectivity index (χ1) is 7.60. The molecule has 0 saturated heterocycles. The SMILES string of the molecule is CCCC(C(=O)OCC)n1cc(Cl)c(C)n1. The number of aryl methyl sites for hydroxylation is 1. The molecular formula is C11H17ClN2O2. The van der Waals surface area contributed by atoms with Gasteiger partial charge in [-0.2, -0.15) is 5.10 Å². The van der Waals surface area contributed by atoms with E-state index >= 15 is 0 Å². The molecule has 90 valence electrons. The molecule has 0 bridgehead atoms. The lowest BCUT2D eigenvalue weighted by atomic mass is 10.2. The maximum absolute atomic E-state index is 11.7. The standard InChI is InChI=1S/C11H17ClN2O2/c1-4-6-10(11(15)16-5-2)14-7-9(12)8(3)13-14/h7,10H,4-6H2,1-3H3. The number of ether oxygens (including phenoxy) is 1. The van der Waals surface area contributed by atoms with Gasteiger partial charge in [0.25, 0.3) is 0 Å². The predicted molar refractivity (Wildman–Crippen MR) is 62.6 cm³/mol. The van der Waals surface area contributed by atoms with Crippen LogP contribution in [-0.2, 0) is 9.53 Å². The highest BCUT2D eigenvalue weighted by molar-refractivity contribution is 6.31. The minimum atomic E-state index is -0.365. The molecule has 0 N–H and O–H groups in total. The molecule has 1 atom stereocenters. The van der Waals surface area contributed by atoms with E-state index < -0.39 is 0 Å². The summed E-state index contributed by atoms with van der Waals surface area (Å²) in [7, 11) is 0. The highest BCUT2D eigenvalue weighted by Gasteiger charge is 2.22. The number of hydrogen-bond acceptors (Lipinski definition) is 3. The van der Waals surface area contributed by atoms with E-state index in [1.54, 1.807) is 17.8 Å². The van der Waals surface area contributed by atoms with Crippen LogP contribution in [0, 0.1) is 6.92 Å². The van der Waals surface area contributed by atoms with Crippen molar-refractivity contribution in [2.24, 2.45) is 0 Å². The van der Waals surface area contributed by atoms with Gasteiger partial charge < -0.3 is 4.74 Å². The molecular weight excluding hydrogens is 228 g/mol. The highest BCUT2D eigenvalue weighted by Crippen LogP contribution is 2.20. The van der Waals surface area contributed by atoms with Crippen molar-refractivity contribution in [3.63, 3.8) is 0 Å². The minimum Gasteiger partial charge on any atom is -0.464 e. The largest absolute Gasteiger partial charge is 0.464 e. The monoisotopic (exact) mass is 244 g/mol. The van der Waals surface area contributed by atoms with Crippen LogP contribution in [0.1, 0.15) is 38.4 Å². The van der Waals surface area contributed by atoms with Crippen molar-refractivity contribution in [1.29, 1.82) is 0 Å². The van der Waals surface area contributed by atoms with Gasteiger partial charge in [-0.1, -0.05) is 24.9 Å². The minimum absolute atomic E-state index is 0.247. The molecule has 1 unspecified atom stereocenters. The van der Waals surface area contributed by atoms with Gasteiger partial charge >= 0.3 is 5.97 Å². The number of halogens is 1. The normalized spacial score (nSPS) is 12.5. The fraction of sp³-hybridized carbons (Fsp3) is 0.636. The second-order valence-electron chi connectivity index (χ2n) is 3.60. The molecule has 0 aliphatic heterocycles. The summed E-state index contributed by atoms with van der Waals surface area (Å²) in [6.07, 6.45) is 3.27. The zero-order valence-electron chi connectivity index (χ0n) is 9.86. The molecule has 0 amide bonds. The van der Waals surface area contributed by atoms with E-state index in [9.17, 15) is 4.79 Å². The molecule has 0 aromatic carbocycles. The Morgan fingerprint density at radius 1 is 1.62 bits per heavy atom. The molecule has 0 radical (unpaired) electrons. The van der Waals surface area contributed by atoms with E-state index in [4.69, 9.17) is 16.3 Å². The van der Waals surface area contributed by atoms with Gasteiger partial charge in [0.15, 0.2) is 0 Å².